The lowest BCUT2D eigenvalue weighted by molar-refractivity contribution is -0.122. The molecule has 19 heavy (non-hydrogen) atoms. The van der Waals surface area contributed by atoms with Crippen molar-refractivity contribution in [2.75, 3.05) is 20.1 Å². The molecule has 0 radical (unpaired) electrons. The third-order valence-electron chi connectivity index (χ3n) is 4.04. The predicted octanol–water partition coefficient (Wildman–Crippen LogP) is 1.74. The van der Waals surface area contributed by atoms with Gasteiger partial charge in [-0.3, -0.25) is 4.79 Å². The minimum Gasteiger partial charge on any atom is -0.354 e. The summed E-state index contributed by atoms with van der Waals surface area (Å²) < 4.78 is 0. The Morgan fingerprint density at radius 1 is 1.32 bits per heavy atom. The maximum Gasteiger partial charge on any atom is 0.221 e. The molecule has 0 aliphatic heterocycles. The van der Waals surface area contributed by atoms with Crippen LogP contribution in [0.4, 0.5) is 0 Å². The third kappa shape index (κ3) is 6.39. The Hall–Kier alpha value is -0.610. The first kappa shape index (κ1) is 16.4. The number of nitrogens with one attached hydrogen (secondary N) is 1. The van der Waals surface area contributed by atoms with Gasteiger partial charge in [-0.05, 0) is 39.7 Å². The predicted molar refractivity (Wildman–Crippen MR) is 79.9 cm³/mol. The summed E-state index contributed by atoms with van der Waals surface area (Å²) >= 11 is 0. The summed E-state index contributed by atoms with van der Waals surface area (Å²) in [5, 5.41) is 2.94. The standard InChI is InChI=1S/C15H31N3O/c1-12(2)17-15(19)9-14(10-16)18(3)11-13-7-5-4-6-8-13/h12-14H,4-11,16H2,1-3H3,(H,17,19). The summed E-state index contributed by atoms with van der Waals surface area (Å²) in [7, 11) is 2.11. The normalized spacial score (nSPS) is 18.8. The van der Waals surface area contributed by atoms with Gasteiger partial charge in [0.05, 0.1) is 0 Å². The zero-order valence-corrected chi connectivity index (χ0v) is 12.8. The third-order valence-corrected chi connectivity index (χ3v) is 4.04. The number of carbonyl (C=O) groups is 1. The molecule has 4 heteroatoms. The molecule has 1 fully saturated rings. The molecular formula is C15H31N3O. The molecule has 1 saturated carbocycles. The van der Waals surface area contributed by atoms with Crippen LogP contribution >= 0.6 is 0 Å². The van der Waals surface area contributed by atoms with Gasteiger partial charge >= 0.3 is 0 Å². The molecule has 0 aromatic rings. The first-order chi connectivity index (χ1) is 9.02. The highest BCUT2D eigenvalue weighted by atomic mass is 16.1. The Morgan fingerprint density at radius 2 is 1.95 bits per heavy atom. The molecule has 0 spiro atoms. The van der Waals surface area contributed by atoms with E-state index in [-0.39, 0.29) is 18.0 Å². The summed E-state index contributed by atoms with van der Waals surface area (Å²) in [5.41, 5.74) is 5.84. The fraction of sp³-hybridized carbons (Fsp3) is 0.933. The largest absolute Gasteiger partial charge is 0.354 e. The Morgan fingerprint density at radius 3 is 2.47 bits per heavy atom. The van der Waals surface area contributed by atoms with Gasteiger partial charge in [0.2, 0.25) is 5.91 Å². The fourth-order valence-corrected chi connectivity index (χ4v) is 2.94. The molecule has 1 atom stereocenters. The van der Waals surface area contributed by atoms with Crippen molar-refractivity contribution < 1.29 is 4.79 Å². The second-order valence-corrected chi connectivity index (χ2v) is 6.26. The van der Waals surface area contributed by atoms with Crippen LogP contribution in [-0.4, -0.2) is 43.0 Å². The van der Waals surface area contributed by atoms with Gasteiger partial charge < -0.3 is 16.0 Å². The molecule has 1 rings (SSSR count). The van der Waals surface area contributed by atoms with Gasteiger partial charge in [-0.15, -0.1) is 0 Å². The number of rotatable bonds is 7. The molecule has 0 saturated heterocycles. The van der Waals surface area contributed by atoms with Crippen molar-refractivity contribution in [3.8, 4) is 0 Å². The van der Waals surface area contributed by atoms with Gasteiger partial charge in [0.25, 0.3) is 0 Å². The molecule has 112 valence electrons. The first-order valence-electron chi connectivity index (χ1n) is 7.72. The van der Waals surface area contributed by atoms with Crippen molar-refractivity contribution in [1.82, 2.24) is 10.2 Å². The highest BCUT2D eigenvalue weighted by Crippen LogP contribution is 2.24. The van der Waals surface area contributed by atoms with Gasteiger partial charge in [-0.25, -0.2) is 0 Å². The van der Waals surface area contributed by atoms with Crippen LogP contribution in [0.3, 0.4) is 0 Å². The van der Waals surface area contributed by atoms with E-state index in [1.807, 2.05) is 13.8 Å². The maximum absolute atomic E-state index is 11.8. The zero-order valence-electron chi connectivity index (χ0n) is 12.8. The number of carbonyl (C=O) groups excluding carboxylic acids is 1. The molecule has 1 aliphatic carbocycles. The number of hydrogen-bond donors (Lipinski definition) is 2. The van der Waals surface area contributed by atoms with E-state index >= 15 is 0 Å². The Labute approximate surface area is 118 Å². The van der Waals surface area contributed by atoms with Crippen LogP contribution in [0.1, 0.15) is 52.4 Å². The van der Waals surface area contributed by atoms with Crippen LogP contribution in [0.25, 0.3) is 0 Å². The molecule has 1 amide bonds. The Bertz CT molecular complexity index is 262. The number of hydrogen-bond acceptors (Lipinski definition) is 3. The first-order valence-corrected chi connectivity index (χ1v) is 7.72. The zero-order chi connectivity index (χ0) is 14.3. The highest BCUT2D eigenvalue weighted by Gasteiger charge is 2.21. The number of likely N-dealkylation sites (N-methyl/N-ethyl adjacent to an activating group) is 1. The lowest BCUT2D eigenvalue weighted by Crippen LogP contribution is -2.44. The van der Waals surface area contributed by atoms with Gasteiger partial charge in [-0.1, -0.05) is 19.3 Å². The van der Waals surface area contributed by atoms with E-state index < -0.39 is 0 Å². The summed E-state index contributed by atoms with van der Waals surface area (Å²) in [6.07, 6.45) is 7.29. The molecular weight excluding hydrogens is 238 g/mol. The van der Waals surface area contributed by atoms with Crippen molar-refractivity contribution in [2.24, 2.45) is 11.7 Å². The number of amides is 1. The van der Waals surface area contributed by atoms with Crippen molar-refractivity contribution in [2.45, 2.75) is 64.5 Å². The topological polar surface area (TPSA) is 58.4 Å². The van der Waals surface area contributed by atoms with Gasteiger partial charge in [0, 0.05) is 31.6 Å². The van der Waals surface area contributed by atoms with Crippen LogP contribution in [0, 0.1) is 5.92 Å². The van der Waals surface area contributed by atoms with E-state index in [2.05, 4.69) is 17.3 Å². The average Bonchev–Trinajstić information content (AvgIpc) is 2.36. The fourth-order valence-electron chi connectivity index (χ4n) is 2.94. The van der Waals surface area contributed by atoms with Gasteiger partial charge in [-0.2, -0.15) is 0 Å². The maximum atomic E-state index is 11.8. The van der Waals surface area contributed by atoms with Crippen LogP contribution in [0.15, 0.2) is 0 Å². The molecule has 0 heterocycles. The molecule has 0 bridgehead atoms. The number of nitrogens with zero attached hydrogens (tertiary/aromatic N) is 1. The summed E-state index contributed by atoms with van der Waals surface area (Å²) in [6, 6.07) is 0.371. The molecule has 1 aliphatic rings. The minimum absolute atomic E-state index is 0.112. The van der Waals surface area contributed by atoms with Crippen molar-refractivity contribution in [3.05, 3.63) is 0 Å². The smallest absolute Gasteiger partial charge is 0.221 e. The molecule has 0 aromatic heterocycles. The number of nitrogens with two attached hydrogens (primary N) is 1. The van der Waals surface area contributed by atoms with E-state index in [1.165, 1.54) is 32.1 Å². The highest BCUT2D eigenvalue weighted by molar-refractivity contribution is 5.76. The summed E-state index contributed by atoms with van der Waals surface area (Å²) in [6.45, 7) is 5.60. The van der Waals surface area contributed by atoms with E-state index in [0.717, 1.165) is 12.5 Å². The average molecular weight is 269 g/mol. The Balaban J connectivity index is 2.37. The van der Waals surface area contributed by atoms with Crippen molar-refractivity contribution >= 4 is 5.91 Å². The molecule has 4 nitrogen and oxygen atoms in total. The van der Waals surface area contributed by atoms with Crippen LogP contribution < -0.4 is 11.1 Å². The molecule has 1 unspecified atom stereocenters. The minimum atomic E-state index is 0.112. The lowest BCUT2D eigenvalue weighted by atomic mass is 9.88. The lowest BCUT2D eigenvalue weighted by Gasteiger charge is -2.32. The van der Waals surface area contributed by atoms with Crippen LogP contribution in [-0.2, 0) is 4.79 Å². The van der Waals surface area contributed by atoms with Crippen LogP contribution in [0.5, 0.6) is 0 Å². The van der Waals surface area contributed by atoms with E-state index in [4.69, 9.17) is 5.73 Å². The van der Waals surface area contributed by atoms with E-state index in [1.54, 1.807) is 0 Å². The quantitative estimate of drug-likeness (QED) is 0.740. The SMILES string of the molecule is CC(C)NC(=O)CC(CN)N(C)CC1CCCCC1. The van der Waals surface area contributed by atoms with Crippen molar-refractivity contribution in [1.29, 1.82) is 0 Å². The van der Waals surface area contributed by atoms with E-state index in [9.17, 15) is 4.79 Å². The second kappa shape index (κ2) is 8.54. The van der Waals surface area contributed by atoms with Crippen LogP contribution in [0.2, 0.25) is 0 Å². The Kier molecular flexibility index (Phi) is 7.39. The van der Waals surface area contributed by atoms with Gasteiger partial charge in [0.1, 0.15) is 0 Å². The molecule has 3 N–H and O–H groups in total. The summed E-state index contributed by atoms with van der Waals surface area (Å²) in [5.74, 6) is 0.905. The van der Waals surface area contributed by atoms with E-state index in [0.29, 0.717) is 13.0 Å². The molecule has 0 aromatic carbocycles. The van der Waals surface area contributed by atoms with Gasteiger partial charge in [0.15, 0.2) is 0 Å². The summed E-state index contributed by atoms with van der Waals surface area (Å²) in [4.78, 5) is 14.1. The second-order valence-electron chi connectivity index (χ2n) is 6.26. The monoisotopic (exact) mass is 269 g/mol. The van der Waals surface area contributed by atoms with Crippen molar-refractivity contribution in [3.63, 3.8) is 0 Å².